The SMILES string of the molecule is CCn1nc(CCCOS(C)(=O)=O)c2c1C(=O)NCC1(CCOCC1)C2. The number of carbonyl (C=O) groups is 1. The van der Waals surface area contributed by atoms with Crippen LogP contribution in [0.5, 0.6) is 0 Å². The van der Waals surface area contributed by atoms with Gasteiger partial charge in [0.15, 0.2) is 0 Å². The van der Waals surface area contributed by atoms with Gasteiger partial charge < -0.3 is 10.1 Å². The van der Waals surface area contributed by atoms with Crippen LogP contribution in [0.2, 0.25) is 0 Å². The van der Waals surface area contributed by atoms with Gasteiger partial charge in [0.05, 0.1) is 18.6 Å². The van der Waals surface area contributed by atoms with Gasteiger partial charge in [0.25, 0.3) is 16.0 Å². The van der Waals surface area contributed by atoms with E-state index >= 15 is 0 Å². The topological polar surface area (TPSA) is 99.5 Å². The molecule has 0 aromatic carbocycles. The van der Waals surface area contributed by atoms with Crippen molar-refractivity contribution >= 4 is 16.0 Å². The number of hydrogen-bond acceptors (Lipinski definition) is 6. The van der Waals surface area contributed by atoms with E-state index in [1.54, 1.807) is 4.68 Å². The van der Waals surface area contributed by atoms with Gasteiger partial charge in [-0.2, -0.15) is 13.5 Å². The summed E-state index contributed by atoms with van der Waals surface area (Å²) in [7, 11) is -3.44. The van der Waals surface area contributed by atoms with Crippen LogP contribution in [0.25, 0.3) is 0 Å². The minimum Gasteiger partial charge on any atom is -0.381 e. The third kappa shape index (κ3) is 4.27. The fourth-order valence-electron chi connectivity index (χ4n) is 3.82. The predicted octanol–water partition coefficient (Wildman–Crippen LogP) is 0.895. The Labute approximate surface area is 154 Å². The quantitative estimate of drug-likeness (QED) is 0.577. The van der Waals surface area contributed by atoms with Crippen LogP contribution in [0.1, 0.15) is 47.9 Å². The molecule has 1 spiro atoms. The molecule has 3 rings (SSSR count). The first-order valence-electron chi connectivity index (χ1n) is 9.12. The zero-order chi connectivity index (χ0) is 18.8. The van der Waals surface area contributed by atoms with Crippen molar-refractivity contribution in [2.75, 3.05) is 32.6 Å². The Balaban J connectivity index is 1.84. The van der Waals surface area contributed by atoms with Crippen LogP contribution in [0.15, 0.2) is 0 Å². The lowest BCUT2D eigenvalue weighted by atomic mass is 9.75. The van der Waals surface area contributed by atoms with Gasteiger partial charge in [-0.25, -0.2) is 0 Å². The van der Waals surface area contributed by atoms with Gasteiger partial charge in [-0.3, -0.25) is 13.7 Å². The second-order valence-electron chi connectivity index (χ2n) is 7.19. The second-order valence-corrected chi connectivity index (χ2v) is 8.84. The molecule has 0 saturated carbocycles. The van der Waals surface area contributed by atoms with Gasteiger partial charge in [-0.05, 0) is 44.4 Å². The van der Waals surface area contributed by atoms with Crippen molar-refractivity contribution in [3.05, 3.63) is 17.0 Å². The van der Waals surface area contributed by atoms with Gasteiger partial charge in [0, 0.05) is 31.9 Å². The highest BCUT2D eigenvalue weighted by Gasteiger charge is 2.39. The van der Waals surface area contributed by atoms with Crippen molar-refractivity contribution < 1.29 is 22.1 Å². The van der Waals surface area contributed by atoms with E-state index in [1.807, 2.05) is 6.92 Å². The lowest BCUT2D eigenvalue weighted by Gasteiger charge is -2.36. The third-order valence-corrected chi connectivity index (χ3v) is 5.83. The largest absolute Gasteiger partial charge is 0.381 e. The number of rotatable bonds is 6. The van der Waals surface area contributed by atoms with E-state index in [4.69, 9.17) is 8.92 Å². The fourth-order valence-corrected chi connectivity index (χ4v) is 4.24. The molecule has 26 heavy (non-hydrogen) atoms. The van der Waals surface area contributed by atoms with Crippen molar-refractivity contribution in [2.45, 2.75) is 45.6 Å². The first kappa shape index (κ1) is 19.3. The van der Waals surface area contributed by atoms with Crippen molar-refractivity contribution in [3.63, 3.8) is 0 Å². The average Bonchev–Trinajstić information content (AvgIpc) is 2.87. The van der Waals surface area contributed by atoms with E-state index in [1.165, 1.54) is 0 Å². The predicted molar refractivity (Wildman–Crippen MR) is 95.5 cm³/mol. The Kier molecular flexibility index (Phi) is 5.69. The summed E-state index contributed by atoms with van der Waals surface area (Å²) in [5.41, 5.74) is 2.54. The molecule has 146 valence electrons. The molecule has 1 N–H and O–H groups in total. The Morgan fingerprint density at radius 3 is 2.73 bits per heavy atom. The first-order chi connectivity index (χ1) is 12.3. The van der Waals surface area contributed by atoms with Crippen LogP contribution in [0, 0.1) is 5.41 Å². The van der Waals surface area contributed by atoms with Crippen molar-refractivity contribution in [3.8, 4) is 0 Å². The fraction of sp³-hybridized carbons (Fsp3) is 0.765. The Morgan fingerprint density at radius 2 is 2.08 bits per heavy atom. The molecule has 0 bridgehead atoms. The zero-order valence-electron chi connectivity index (χ0n) is 15.4. The van der Waals surface area contributed by atoms with E-state index in [0.717, 1.165) is 36.8 Å². The van der Waals surface area contributed by atoms with Crippen LogP contribution < -0.4 is 5.32 Å². The van der Waals surface area contributed by atoms with E-state index in [-0.39, 0.29) is 17.9 Å². The highest BCUT2D eigenvalue weighted by Crippen LogP contribution is 2.37. The monoisotopic (exact) mass is 385 g/mol. The molecule has 8 nitrogen and oxygen atoms in total. The van der Waals surface area contributed by atoms with Crippen LogP contribution in [0.3, 0.4) is 0 Å². The van der Waals surface area contributed by atoms with Gasteiger partial charge in [0.1, 0.15) is 5.69 Å². The number of ether oxygens (including phenoxy) is 1. The van der Waals surface area contributed by atoms with Crippen LogP contribution >= 0.6 is 0 Å². The molecular weight excluding hydrogens is 358 g/mol. The molecule has 1 amide bonds. The summed E-state index contributed by atoms with van der Waals surface area (Å²) >= 11 is 0. The molecule has 9 heteroatoms. The van der Waals surface area contributed by atoms with E-state index in [2.05, 4.69) is 10.4 Å². The molecule has 1 fully saturated rings. The molecule has 1 aromatic rings. The first-order valence-corrected chi connectivity index (χ1v) is 10.9. The standard InChI is InChI=1S/C17H27N3O5S/c1-3-20-15-13(14(19-20)5-4-8-25-26(2,22)23)11-17(12-18-16(15)21)6-9-24-10-7-17/h3-12H2,1-2H3,(H,18,21). The highest BCUT2D eigenvalue weighted by molar-refractivity contribution is 7.85. The summed E-state index contributed by atoms with van der Waals surface area (Å²) in [6, 6.07) is 0. The number of nitrogens with one attached hydrogen (secondary N) is 1. The highest BCUT2D eigenvalue weighted by atomic mass is 32.2. The number of aromatic nitrogens is 2. The smallest absolute Gasteiger partial charge is 0.269 e. The third-order valence-electron chi connectivity index (χ3n) is 5.23. The van der Waals surface area contributed by atoms with Gasteiger partial charge in [0.2, 0.25) is 0 Å². The summed E-state index contributed by atoms with van der Waals surface area (Å²) in [5, 5.41) is 7.71. The van der Waals surface area contributed by atoms with Crippen LogP contribution in [0.4, 0.5) is 0 Å². The summed E-state index contributed by atoms with van der Waals surface area (Å²) < 4.78 is 34.3. The lowest BCUT2D eigenvalue weighted by molar-refractivity contribution is 0.0160. The summed E-state index contributed by atoms with van der Waals surface area (Å²) in [6.07, 6.45) is 4.81. The normalized spacial score (nSPS) is 19.8. The molecule has 0 unspecified atom stereocenters. The average molecular weight is 385 g/mol. The summed E-state index contributed by atoms with van der Waals surface area (Å²) in [6.45, 7) is 4.79. The van der Waals surface area contributed by atoms with Crippen molar-refractivity contribution in [1.82, 2.24) is 15.1 Å². The Bertz CT molecular complexity index is 766. The summed E-state index contributed by atoms with van der Waals surface area (Å²) in [5.74, 6) is -0.0728. The van der Waals surface area contributed by atoms with E-state index in [0.29, 0.717) is 44.8 Å². The molecule has 2 aliphatic heterocycles. The molecule has 0 aliphatic carbocycles. The van der Waals surface area contributed by atoms with Crippen molar-refractivity contribution in [1.29, 1.82) is 0 Å². The van der Waals surface area contributed by atoms with E-state index < -0.39 is 10.1 Å². The second kappa shape index (κ2) is 7.66. The number of fused-ring (bicyclic) bond motifs is 1. The van der Waals surface area contributed by atoms with Gasteiger partial charge in [-0.15, -0.1) is 0 Å². The Hall–Kier alpha value is -1.45. The molecule has 1 aromatic heterocycles. The number of aryl methyl sites for hydroxylation is 2. The lowest BCUT2D eigenvalue weighted by Crippen LogP contribution is -2.40. The minimum absolute atomic E-state index is 0.0127. The van der Waals surface area contributed by atoms with Crippen LogP contribution in [-0.2, 0) is 38.4 Å². The number of nitrogens with zero attached hydrogens (tertiary/aromatic N) is 2. The maximum absolute atomic E-state index is 12.7. The molecule has 0 radical (unpaired) electrons. The molecule has 1 saturated heterocycles. The maximum atomic E-state index is 12.7. The van der Waals surface area contributed by atoms with Gasteiger partial charge >= 0.3 is 0 Å². The van der Waals surface area contributed by atoms with Crippen molar-refractivity contribution in [2.24, 2.45) is 5.41 Å². The minimum atomic E-state index is -3.44. The molecule has 2 aliphatic rings. The maximum Gasteiger partial charge on any atom is 0.269 e. The molecule has 0 atom stereocenters. The summed E-state index contributed by atoms with van der Waals surface area (Å²) in [4.78, 5) is 12.7. The molecular formula is C17H27N3O5S. The number of hydrogen-bond donors (Lipinski definition) is 1. The Morgan fingerprint density at radius 1 is 1.35 bits per heavy atom. The zero-order valence-corrected chi connectivity index (χ0v) is 16.2. The van der Waals surface area contributed by atoms with Gasteiger partial charge in [-0.1, -0.05) is 0 Å². The molecule has 3 heterocycles. The van der Waals surface area contributed by atoms with E-state index in [9.17, 15) is 13.2 Å². The number of amides is 1. The number of carbonyl (C=O) groups excluding carboxylic acids is 1. The van der Waals surface area contributed by atoms with Crippen LogP contribution in [-0.4, -0.2) is 56.7 Å².